The van der Waals surface area contributed by atoms with Gasteiger partial charge in [-0.05, 0) is 70.4 Å². The van der Waals surface area contributed by atoms with Crippen LogP contribution >= 0.6 is 0 Å². The molecule has 19 heavy (non-hydrogen) atoms. The van der Waals surface area contributed by atoms with Crippen LogP contribution in [0.5, 0.6) is 0 Å². The molecule has 3 atom stereocenters. The fraction of sp³-hybridized carbons (Fsp3) is 1.00. The topological polar surface area (TPSA) is 23.5 Å². The number of hydrogen-bond donors (Lipinski definition) is 1. The summed E-state index contributed by atoms with van der Waals surface area (Å²) in [4.78, 5) is 2.34. The smallest absolute Gasteiger partial charge is 0.0751 e. The van der Waals surface area contributed by atoms with Gasteiger partial charge < -0.3 is 10.0 Å². The molecule has 0 aromatic heterocycles. The first kappa shape index (κ1) is 15.3. The standard InChI is InChI=1S/C17H33NO/c1-13-8-10-17(11-9-13,18(3)4)16(19)15-7-5-6-14(2)12-15/h13-16,19H,5-12H2,1-4H3. The van der Waals surface area contributed by atoms with E-state index in [1.807, 2.05) is 0 Å². The summed E-state index contributed by atoms with van der Waals surface area (Å²) in [6.45, 7) is 4.71. The Kier molecular flexibility index (Phi) is 4.94. The van der Waals surface area contributed by atoms with E-state index in [1.165, 1.54) is 51.4 Å². The van der Waals surface area contributed by atoms with Crippen molar-refractivity contribution in [3.63, 3.8) is 0 Å². The molecule has 2 aliphatic rings. The number of aliphatic hydroxyl groups excluding tert-OH is 1. The summed E-state index contributed by atoms with van der Waals surface area (Å²) in [5, 5.41) is 11.1. The van der Waals surface area contributed by atoms with Crippen molar-refractivity contribution in [1.29, 1.82) is 0 Å². The van der Waals surface area contributed by atoms with Gasteiger partial charge in [-0.15, -0.1) is 0 Å². The van der Waals surface area contributed by atoms with E-state index in [9.17, 15) is 5.11 Å². The molecule has 2 rings (SSSR count). The molecular weight excluding hydrogens is 234 g/mol. The van der Waals surface area contributed by atoms with Crippen molar-refractivity contribution in [2.24, 2.45) is 17.8 Å². The fourth-order valence-corrected chi connectivity index (χ4v) is 4.48. The third-order valence-corrected chi connectivity index (χ3v) is 6.00. The second kappa shape index (κ2) is 6.13. The molecule has 2 aliphatic carbocycles. The molecule has 0 aromatic rings. The van der Waals surface area contributed by atoms with Gasteiger partial charge in [-0.3, -0.25) is 0 Å². The zero-order chi connectivity index (χ0) is 14.0. The van der Waals surface area contributed by atoms with Crippen molar-refractivity contribution in [3.8, 4) is 0 Å². The fourth-order valence-electron chi connectivity index (χ4n) is 4.48. The highest BCUT2D eigenvalue weighted by Crippen LogP contribution is 2.43. The first-order chi connectivity index (χ1) is 8.95. The second-order valence-electron chi connectivity index (χ2n) is 7.66. The summed E-state index contributed by atoms with van der Waals surface area (Å²) >= 11 is 0. The summed E-state index contributed by atoms with van der Waals surface area (Å²) in [7, 11) is 4.34. The Morgan fingerprint density at radius 1 is 1.00 bits per heavy atom. The predicted molar refractivity (Wildman–Crippen MR) is 81.2 cm³/mol. The van der Waals surface area contributed by atoms with Gasteiger partial charge in [-0.25, -0.2) is 0 Å². The number of nitrogens with zero attached hydrogens (tertiary/aromatic N) is 1. The maximum absolute atomic E-state index is 11.1. The molecule has 0 bridgehead atoms. The largest absolute Gasteiger partial charge is 0.391 e. The van der Waals surface area contributed by atoms with Gasteiger partial charge in [0.25, 0.3) is 0 Å². The highest BCUT2D eigenvalue weighted by Gasteiger charge is 2.45. The van der Waals surface area contributed by atoms with E-state index in [0.29, 0.717) is 5.92 Å². The van der Waals surface area contributed by atoms with Crippen molar-refractivity contribution in [2.45, 2.75) is 76.9 Å². The lowest BCUT2D eigenvalue weighted by Crippen LogP contribution is -2.58. The van der Waals surface area contributed by atoms with Crippen LogP contribution < -0.4 is 0 Å². The average Bonchev–Trinajstić information content (AvgIpc) is 2.39. The molecule has 3 unspecified atom stereocenters. The normalized spacial score (nSPS) is 42.3. The van der Waals surface area contributed by atoms with Crippen molar-refractivity contribution in [3.05, 3.63) is 0 Å². The molecular formula is C17H33NO. The SMILES string of the molecule is CC1CCC(C(O)C2CCCC(C)C2)(N(C)C)CC1. The minimum absolute atomic E-state index is 0.0498. The zero-order valence-corrected chi connectivity index (χ0v) is 13.4. The molecule has 112 valence electrons. The van der Waals surface area contributed by atoms with Gasteiger partial charge in [-0.2, -0.15) is 0 Å². The Morgan fingerprint density at radius 2 is 1.63 bits per heavy atom. The third-order valence-electron chi connectivity index (χ3n) is 6.00. The van der Waals surface area contributed by atoms with E-state index < -0.39 is 0 Å². The monoisotopic (exact) mass is 267 g/mol. The molecule has 2 nitrogen and oxygen atoms in total. The van der Waals surface area contributed by atoms with Crippen LogP contribution in [0.15, 0.2) is 0 Å². The molecule has 2 fully saturated rings. The van der Waals surface area contributed by atoms with E-state index in [4.69, 9.17) is 0 Å². The molecule has 0 aliphatic heterocycles. The van der Waals surface area contributed by atoms with Gasteiger partial charge in [0.1, 0.15) is 0 Å². The van der Waals surface area contributed by atoms with Crippen LogP contribution in [0.25, 0.3) is 0 Å². The number of likely N-dealkylation sites (N-methyl/N-ethyl adjacent to an activating group) is 1. The molecule has 2 saturated carbocycles. The van der Waals surface area contributed by atoms with Gasteiger partial charge in [0, 0.05) is 5.54 Å². The van der Waals surface area contributed by atoms with Gasteiger partial charge >= 0.3 is 0 Å². The summed E-state index contributed by atoms with van der Waals surface area (Å²) in [6, 6.07) is 0. The van der Waals surface area contributed by atoms with Crippen molar-refractivity contribution in [2.75, 3.05) is 14.1 Å². The first-order valence-electron chi connectivity index (χ1n) is 8.31. The van der Waals surface area contributed by atoms with Crippen LogP contribution in [0.3, 0.4) is 0 Å². The van der Waals surface area contributed by atoms with E-state index in [1.54, 1.807) is 0 Å². The molecule has 0 heterocycles. The van der Waals surface area contributed by atoms with Gasteiger partial charge in [0.2, 0.25) is 0 Å². The summed E-state index contributed by atoms with van der Waals surface area (Å²) in [5.41, 5.74) is 0.0498. The maximum atomic E-state index is 11.1. The molecule has 0 amide bonds. The van der Waals surface area contributed by atoms with Crippen LogP contribution in [0.4, 0.5) is 0 Å². The second-order valence-corrected chi connectivity index (χ2v) is 7.66. The molecule has 2 heteroatoms. The maximum Gasteiger partial charge on any atom is 0.0751 e. The quantitative estimate of drug-likeness (QED) is 0.843. The summed E-state index contributed by atoms with van der Waals surface area (Å²) < 4.78 is 0. The van der Waals surface area contributed by atoms with E-state index in [0.717, 1.165) is 11.8 Å². The average molecular weight is 267 g/mol. The molecule has 0 spiro atoms. The molecule has 0 radical (unpaired) electrons. The number of hydrogen-bond acceptors (Lipinski definition) is 2. The van der Waals surface area contributed by atoms with Crippen molar-refractivity contribution < 1.29 is 5.11 Å². The van der Waals surface area contributed by atoms with Crippen LogP contribution in [-0.2, 0) is 0 Å². The first-order valence-corrected chi connectivity index (χ1v) is 8.31. The Balaban J connectivity index is 2.10. The van der Waals surface area contributed by atoms with Crippen LogP contribution in [0.2, 0.25) is 0 Å². The van der Waals surface area contributed by atoms with E-state index in [-0.39, 0.29) is 11.6 Å². The van der Waals surface area contributed by atoms with Crippen molar-refractivity contribution >= 4 is 0 Å². The van der Waals surface area contributed by atoms with Gasteiger partial charge in [-0.1, -0.05) is 26.7 Å². The minimum Gasteiger partial charge on any atom is -0.391 e. The molecule has 0 aromatic carbocycles. The Labute approximate surface area is 119 Å². The van der Waals surface area contributed by atoms with E-state index >= 15 is 0 Å². The molecule has 1 N–H and O–H groups in total. The molecule has 0 saturated heterocycles. The third kappa shape index (κ3) is 3.16. The summed E-state index contributed by atoms with van der Waals surface area (Å²) in [5.74, 6) is 2.17. The Hall–Kier alpha value is -0.0800. The van der Waals surface area contributed by atoms with E-state index in [2.05, 4.69) is 32.8 Å². The predicted octanol–water partition coefficient (Wildman–Crippen LogP) is 3.68. The van der Waals surface area contributed by atoms with Crippen LogP contribution in [0.1, 0.15) is 65.2 Å². The Bertz CT molecular complexity index is 281. The number of aliphatic hydroxyl groups is 1. The number of rotatable bonds is 3. The summed E-state index contributed by atoms with van der Waals surface area (Å²) in [6.07, 6.45) is 9.90. The lowest BCUT2D eigenvalue weighted by Gasteiger charge is -2.51. The lowest BCUT2D eigenvalue weighted by atomic mass is 9.66. The van der Waals surface area contributed by atoms with Gasteiger partial charge in [0.15, 0.2) is 0 Å². The van der Waals surface area contributed by atoms with Crippen LogP contribution in [0, 0.1) is 17.8 Å². The minimum atomic E-state index is -0.127. The van der Waals surface area contributed by atoms with Gasteiger partial charge in [0.05, 0.1) is 6.10 Å². The zero-order valence-electron chi connectivity index (χ0n) is 13.4. The highest BCUT2D eigenvalue weighted by molar-refractivity contribution is 5.01. The van der Waals surface area contributed by atoms with Crippen LogP contribution in [-0.4, -0.2) is 35.7 Å². The highest BCUT2D eigenvalue weighted by atomic mass is 16.3. The lowest BCUT2D eigenvalue weighted by molar-refractivity contribution is -0.0783. The Morgan fingerprint density at radius 3 is 2.16 bits per heavy atom. The van der Waals surface area contributed by atoms with Crippen molar-refractivity contribution in [1.82, 2.24) is 4.90 Å².